The molecule has 0 bridgehead atoms. The number of primary amides is 1. The third kappa shape index (κ3) is 5.97. The Bertz CT molecular complexity index is 448. The van der Waals surface area contributed by atoms with Gasteiger partial charge in [0.25, 0.3) is 0 Å². The molecule has 0 fully saturated rings. The van der Waals surface area contributed by atoms with Gasteiger partial charge in [0.2, 0.25) is 5.91 Å². The van der Waals surface area contributed by atoms with E-state index >= 15 is 0 Å². The highest BCUT2D eigenvalue weighted by Crippen LogP contribution is 2.28. The number of hydrogen-bond acceptors (Lipinski definition) is 5. The molecule has 0 radical (unpaired) electrons. The predicted molar refractivity (Wildman–Crippen MR) is 86.4 cm³/mol. The molecular formula is C15H27N5O. The van der Waals surface area contributed by atoms with Crippen LogP contribution in [0.3, 0.4) is 0 Å². The second-order valence-electron chi connectivity index (χ2n) is 5.42. The van der Waals surface area contributed by atoms with Crippen molar-refractivity contribution in [1.82, 2.24) is 9.97 Å². The first-order chi connectivity index (χ1) is 10.1. The van der Waals surface area contributed by atoms with Crippen LogP contribution >= 0.6 is 0 Å². The third-order valence-corrected chi connectivity index (χ3v) is 3.15. The highest BCUT2D eigenvalue weighted by molar-refractivity contribution is 5.73. The summed E-state index contributed by atoms with van der Waals surface area (Å²) in [6, 6.07) is 0. The maximum absolute atomic E-state index is 10.7. The first-order valence-electron chi connectivity index (χ1n) is 7.67. The van der Waals surface area contributed by atoms with Gasteiger partial charge in [-0.3, -0.25) is 4.79 Å². The molecule has 1 aromatic rings. The number of anilines is 2. The quantitative estimate of drug-likeness (QED) is 0.576. The Hall–Kier alpha value is -1.85. The Kier molecular flexibility index (Phi) is 7.50. The molecule has 1 aromatic heterocycles. The van der Waals surface area contributed by atoms with Crippen LogP contribution in [-0.4, -0.2) is 29.0 Å². The van der Waals surface area contributed by atoms with Gasteiger partial charge in [0.15, 0.2) is 0 Å². The van der Waals surface area contributed by atoms with E-state index in [1.165, 1.54) is 0 Å². The lowest BCUT2D eigenvalue weighted by atomic mass is 10.0. The topological polar surface area (TPSA) is 92.9 Å². The molecule has 0 saturated heterocycles. The SMILES string of the molecule is CCCNc1ncnc(NCCCCC(N)=O)c1C(C)C. The van der Waals surface area contributed by atoms with E-state index in [4.69, 9.17) is 5.73 Å². The van der Waals surface area contributed by atoms with E-state index in [2.05, 4.69) is 41.4 Å². The number of hydrogen-bond donors (Lipinski definition) is 3. The smallest absolute Gasteiger partial charge is 0.217 e. The van der Waals surface area contributed by atoms with Crippen molar-refractivity contribution in [1.29, 1.82) is 0 Å². The van der Waals surface area contributed by atoms with E-state index < -0.39 is 0 Å². The Labute approximate surface area is 126 Å². The number of rotatable bonds is 10. The Morgan fingerprint density at radius 2 is 1.81 bits per heavy atom. The standard InChI is InChI=1S/C15H27N5O/c1-4-8-17-14-13(11(2)3)15(20-10-19-14)18-9-6-5-7-12(16)21/h10-11H,4-9H2,1-3H3,(H2,16,21)(H2,17,18,19,20). The maximum atomic E-state index is 10.7. The van der Waals surface area contributed by atoms with Crippen LogP contribution in [0.4, 0.5) is 11.6 Å². The first-order valence-corrected chi connectivity index (χ1v) is 7.67. The lowest BCUT2D eigenvalue weighted by molar-refractivity contribution is -0.118. The van der Waals surface area contributed by atoms with Gasteiger partial charge in [0.1, 0.15) is 18.0 Å². The van der Waals surface area contributed by atoms with Crippen LogP contribution in [0.2, 0.25) is 0 Å². The van der Waals surface area contributed by atoms with Crippen LogP contribution in [-0.2, 0) is 4.79 Å². The number of nitrogens with one attached hydrogen (secondary N) is 2. The fourth-order valence-corrected chi connectivity index (χ4v) is 2.10. The van der Waals surface area contributed by atoms with Gasteiger partial charge < -0.3 is 16.4 Å². The Morgan fingerprint density at radius 1 is 1.19 bits per heavy atom. The van der Waals surface area contributed by atoms with Crippen LogP contribution in [0.1, 0.15) is 57.9 Å². The van der Waals surface area contributed by atoms with E-state index in [9.17, 15) is 4.79 Å². The summed E-state index contributed by atoms with van der Waals surface area (Å²) in [5.74, 6) is 1.86. The van der Waals surface area contributed by atoms with Gasteiger partial charge in [-0.1, -0.05) is 20.8 Å². The van der Waals surface area contributed by atoms with Crippen molar-refractivity contribution in [3.05, 3.63) is 11.9 Å². The highest BCUT2D eigenvalue weighted by atomic mass is 16.1. The second-order valence-corrected chi connectivity index (χ2v) is 5.42. The molecule has 1 heterocycles. The van der Waals surface area contributed by atoms with E-state index in [0.29, 0.717) is 12.3 Å². The largest absolute Gasteiger partial charge is 0.370 e. The number of nitrogens with two attached hydrogens (primary N) is 1. The van der Waals surface area contributed by atoms with Gasteiger partial charge in [-0.2, -0.15) is 0 Å². The summed E-state index contributed by atoms with van der Waals surface area (Å²) < 4.78 is 0. The normalized spacial score (nSPS) is 10.7. The van der Waals surface area contributed by atoms with Crippen molar-refractivity contribution >= 4 is 17.5 Å². The average molecular weight is 293 g/mol. The van der Waals surface area contributed by atoms with Crippen LogP contribution in [0.5, 0.6) is 0 Å². The number of nitrogens with zero attached hydrogens (tertiary/aromatic N) is 2. The van der Waals surface area contributed by atoms with Crippen molar-refractivity contribution < 1.29 is 4.79 Å². The monoisotopic (exact) mass is 293 g/mol. The number of aromatic nitrogens is 2. The first kappa shape index (κ1) is 17.2. The molecule has 0 unspecified atom stereocenters. The maximum Gasteiger partial charge on any atom is 0.217 e. The van der Waals surface area contributed by atoms with Crippen molar-refractivity contribution in [3.8, 4) is 0 Å². The molecule has 0 atom stereocenters. The van der Waals surface area contributed by atoms with E-state index in [0.717, 1.165) is 49.6 Å². The van der Waals surface area contributed by atoms with Gasteiger partial charge in [0, 0.05) is 25.1 Å². The number of amides is 1. The van der Waals surface area contributed by atoms with Crippen molar-refractivity contribution in [2.45, 2.75) is 52.4 Å². The van der Waals surface area contributed by atoms with Crippen molar-refractivity contribution in [2.75, 3.05) is 23.7 Å². The minimum atomic E-state index is -0.244. The lowest BCUT2D eigenvalue weighted by Gasteiger charge is -2.17. The molecular weight excluding hydrogens is 266 g/mol. The van der Waals surface area contributed by atoms with E-state index in [1.807, 2.05) is 0 Å². The fourth-order valence-electron chi connectivity index (χ4n) is 2.10. The Balaban J connectivity index is 2.65. The number of carbonyl (C=O) groups excluding carboxylic acids is 1. The van der Waals surface area contributed by atoms with Gasteiger partial charge >= 0.3 is 0 Å². The molecule has 118 valence electrons. The van der Waals surface area contributed by atoms with Gasteiger partial charge in [-0.25, -0.2) is 9.97 Å². The van der Waals surface area contributed by atoms with Crippen LogP contribution in [0, 0.1) is 0 Å². The minimum absolute atomic E-state index is 0.244. The summed E-state index contributed by atoms with van der Waals surface area (Å²) in [5, 5.41) is 6.69. The molecule has 1 rings (SSSR count). The molecule has 6 nitrogen and oxygen atoms in total. The fraction of sp³-hybridized carbons (Fsp3) is 0.667. The molecule has 0 saturated carbocycles. The van der Waals surface area contributed by atoms with Gasteiger partial charge in [0.05, 0.1) is 0 Å². The third-order valence-electron chi connectivity index (χ3n) is 3.15. The zero-order chi connectivity index (χ0) is 15.7. The van der Waals surface area contributed by atoms with Crippen molar-refractivity contribution in [2.24, 2.45) is 5.73 Å². The zero-order valence-corrected chi connectivity index (χ0v) is 13.3. The number of carbonyl (C=O) groups is 1. The molecule has 0 spiro atoms. The second kappa shape index (κ2) is 9.15. The molecule has 4 N–H and O–H groups in total. The summed E-state index contributed by atoms with van der Waals surface area (Å²) in [4.78, 5) is 19.4. The zero-order valence-electron chi connectivity index (χ0n) is 13.3. The summed E-state index contributed by atoms with van der Waals surface area (Å²) >= 11 is 0. The number of unbranched alkanes of at least 4 members (excludes halogenated alkanes) is 1. The van der Waals surface area contributed by atoms with Crippen LogP contribution in [0.25, 0.3) is 0 Å². The van der Waals surface area contributed by atoms with Crippen molar-refractivity contribution in [3.63, 3.8) is 0 Å². The predicted octanol–water partition coefficient (Wildman–Crippen LogP) is 2.49. The van der Waals surface area contributed by atoms with E-state index in [-0.39, 0.29) is 5.91 Å². The minimum Gasteiger partial charge on any atom is -0.370 e. The highest BCUT2D eigenvalue weighted by Gasteiger charge is 2.14. The molecule has 1 amide bonds. The van der Waals surface area contributed by atoms with Crippen LogP contribution < -0.4 is 16.4 Å². The molecule has 0 aliphatic rings. The molecule has 0 aromatic carbocycles. The van der Waals surface area contributed by atoms with Gasteiger partial charge in [-0.15, -0.1) is 0 Å². The lowest BCUT2D eigenvalue weighted by Crippen LogP contribution is -2.13. The molecule has 0 aliphatic carbocycles. The summed E-state index contributed by atoms with van der Waals surface area (Å²) in [6.07, 6.45) is 4.76. The summed E-state index contributed by atoms with van der Waals surface area (Å²) in [5.41, 5.74) is 6.24. The molecule has 6 heteroatoms. The molecule has 0 aliphatic heterocycles. The average Bonchev–Trinajstić information content (AvgIpc) is 2.44. The summed E-state index contributed by atoms with van der Waals surface area (Å²) in [6.45, 7) is 8.06. The van der Waals surface area contributed by atoms with Gasteiger partial charge in [-0.05, 0) is 25.2 Å². The Morgan fingerprint density at radius 3 is 2.33 bits per heavy atom. The summed E-state index contributed by atoms with van der Waals surface area (Å²) in [7, 11) is 0. The van der Waals surface area contributed by atoms with E-state index in [1.54, 1.807) is 6.33 Å². The molecule has 21 heavy (non-hydrogen) atoms. The van der Waals surface area contributed by atoms with Crippen LogP contribution in [0.15, 0.2) is 6.33 Å².